The molecule has 19 heavy (non-hydrogen) atoms. The van der Waals surface area contributed by atoms with Crippen LogP contribution in [0.15, 0.2) is 24.3 Å². The lowest BCUT2D eigenvalue weighted by molar-refractivity contribution is 0.393. The van der Waals surface area contributed by atoms with Crippen molar-refractivity contribution in [3.05, 3.63) is 24.3 Å². The quantitative estimate of drug-likeness (QED) is 0.765. The molecule has 0 amide bonds. The molecular weight excluding hydrogens is 262 g/mol. The Morgan fingerprint density at radius 2 is 2.16 bits per heavy atom. The van der Waals surface area contributed by atoms with Crippen LogP contribution in [-0.2, 0) is 10.0 Å². The van der Waals surface area contributed by atoms with Gasteiger partial charge in [0.2, 0.25) is 10.0 Å². The third kappa shape index (κ3) is 5.08. The van der Waals surface area contributed by atoms with Crippen LogP contribution in [0.4, 0.5) is 11.4 Å². The zero-order chi connectivity index (χ0) is 13.7. The second kappa shape index (κ2) is 6.25. The van der Waals surface area contributed by atoms with Crippen LogP contribution in [0.5, 0.6) is 0 Å². The zero-order valence-electron chi connectivity index (χ0n) is 11.1. The predicted octanol–water partition coefficient (Wildman–Crippen LogP) is 1.47. The van der Waals surface area contributed by atoms with Gasteiger partial charge in [0, 0.05) is 12.2 Å². The van der Waals surface area contributed by atoms with Crippen molar-refractivity contribution in [2.75, 3.05) is 35.9 Å². The summed E-state index contributed by atoms with van der Waals surface area (Å²) in [6, 6.07) is 7.35. The smallest absolute Gasteiger partial charge is 0.229 e. The summed E-state index contributed by atoms with van der Waals surface area (Å²) >= 11 is 0. The SMILES string of the molecule is CS(=O)(=O)Nc1cccc(NCC2CCCNC2)c1. The fourth-order valence-electron chi connectivity index (χ4n) is 2.27. The number of sulfonamides is 1. The van der Waals surface area contributed by atoms with Gasteiger partial charge >= 0.3 is 0 Å². The first-order valence-corrected chi connectivity index (χ1v) is 8.44. The Bertz CT molecular complexity index is 510. The lowest BCUT2D eigenvalue weighted by atomic mass is 10.00. The average molecular weight is 283 g/mol. The summed E-state index contributed by atoms with van der Waals surface area (Å²) in [5, 5.41) is 6.75. The van der Waals surface area contributed by atoms with Crippen LogP contribution in [0.2, 0.25) is 0 Å². The maximum absolute atomic E-state index is 11.2. The van der Waals surface area contributed by atoms with Gasteiger partial charge in [-0.15, -0.1) is 0 Å². The maximum atomic E-state index is 11.2. The Morgan fingerprint density at radius 3 is 2.84 bits per heavy atom. The average Bonchev–Trinajstić information content (AvgIpc) is 2.36. The molecule has 1 aromatic carbocycles. The van der Waals surface area contributed by atoms with Gasteiger partial charge in [-0.3, -0.25) is 4.72 Å². The largest absolute Gasteiger partial charge is 0.385 e. The Morgan fingerprint density at radius 1 is 1.37 bits per heavy atom. The van der Waals surface area contributed by atoms with E-state index < -0.39 is 10.0 Å². The van der Waals surface area contributed by atoms with Crippen LogP contribution in [0.1, 0.15) is 12.8 Å². The highest BCUT2D eigenvalue weighted by Crippen LogP contribution is 2.17. The number of anilines is 2. The van der Waals surface area contributed by atoms with Crippen LogP contribution in [-0.4, -0.2) is 34.3 Å². The van der Waals surface area contributed by atoms with Crippen LogP contribution in [0.3, 0.4) is 0 Å². The van der Waals surface area contributed by atoms with Gasteiger partial charge in [-0.25, -0.2) is 8.42 Å². The van der Waals surface area contributed by atoms with Gasteiger partial charge < -0.3 is 10.6 Å². The molecule has 5 nitrogen and oxygen atoms in total. The van der Waals surface area contributed by atoms with Crippen molar-refractivity contribution in [2.45, 2.75) is 12.8 Å². The molecule has 0 aliphatic carbocycles. The fourth-order valence-corrected chi connectivity index (χ4v) is 2.82. The maximum Gasteiger partial charge on any atom is 0.229 e. The molecule has 0 saturated carbocycles. The summed E-state index contributed by atoms with van der Waals surface area (Å²) in [4.78, 5) is 0. The number of hydrogen-bond acceptors (Lipinski definition) is 4. The van der Waals surface area contributed by atoms with Gasteiger partial charge in [0.25, 0.3) is 0 Å². The van der Waals surface area contributed by atoms with E-state index in [0.29, 0.717) is 11.6 Å². The van der Waals surface area contributed by atoms with Crippen LogP contribution < -0.4 is 15.4 Å². The zero-order valence-corrected chi connectivity index (χ0v) is 12.0. The molecule has 1 heterocycles. The van der Waals surface area contributed by atoms with Crippen molar-refractivity contribution >= 4 is 21.4 Å². The van der Waals surface area contributed by atoms with E-state index in [2.05, 4.69) is 15.4 Å². The van der Waals surface area contributed by atoms with Gasteiger partial charge in [0.1, 0.15) is 0 Å². The highest BCUT2D eigenvalue weighted by atomic mass is 32.2. The van der Waals surface area contributed by atoms with Crippen molar-refractivity contribution < 1.29 is 8.42 Å². The molecule has 0 radical (unpaired) electrons. The van der Waals surface area contributed by atoms with E-state index in [4.69, 9.17) is 0 Å². The Balaban J connectivity index is 1.91. The topological polar surface area (TPSA) is 70.2 Å². The standard InChI is InChI=1S/C13H21N3O2S/c1-19(17,18)16-13-6-2-5-12(8-13)15-10-11-4-3-7-14-9-11/h2,5-6,8,11,14-16H,3-4,7,9-10H2,1H3. The Kier molecular flexibility index (Phi) is 4.66. The molecule has 6 heteroatoms. The van der Waals surface area contributed by atoms with Crippen molar-refractivity contribution in [3.8, 4) is 0 Å². The van der Waals surface area contributed by atoms with E-state index in [-0.39, 0.29) is 0 Å². The van der Waals surface area contributed by atoms with Crippen LogP contribution >= 0.6 is 0 Å². The van der Waals surface area contributed by atoms with Gasteiger partial charge in [-0.2, -0.15) is 0 Å². The molecule has 1 aromatic rings. The predicted molar refractivity (Wildman–Crippen MR) is 79.0 cm³/mol. The summed E-state index contributed by atoms with van der Waals surface area (Å²) in [6.45, 7) is 3.08. The molecule has 1 unspecified atom stereocenters. The molecule has 3 N–H and O–H groups in total. The van der Waals surface area contributed by atoms with Crippen LogP contribution in [0.25, 0.3) is 0 Å². The van der Waals surface area contributed by atoms with Crippen molar-refractivity contribution in [3.63, 3.8) is 0 Å². The second-order valence-corrected chi connectivity index (χ2v) is 6.80. The van der Waals surface area contributed by atoms with E-state index in [9.17, 15) is 8.42 Å². The molecule has 0 bridgehead atoms. The highest BCUT2D eigenvalue weighted by Gasteiger charge is 2.12. The second-order valence-electron chi connectivity index (χ2n) is 5.05. The lowest BCUT2D eigenvalue weighted by Gasteiger charge is -2.23. The molecule has 2 rings (SSSR count). The minimum Gasteiger partial charge on any atom is -0.385 e. The number of nitrogens with one attached hydrogen (secondary N) is 3. The molecule has 1 saturated heterocycles. The van der Waals surface area contributed by atoms with E-state index >= 15 is 0 Å². The van der Waals surface area contributed by atoms with Gasteiger partial charge in [0.05, 0.1) is 11.9 Å². The van der Waals surface area contributed by atoms with Gasteiger partial charge in [0.15, 0.2) is 0 Å². The summed E-state index contributed by atoms with van der Waals surface area (Å²) < 4.78 is 24.8. The molecule has 1 atom stereocenters. The van der Waals surface area contributed by atoms with Gasteiger partial charge in [-0.1, -0.05) is 6.07 Å². The van der Waals surface area contributed by atoms with Crippen molar-refractivity contribution in [2.24, 2.45) is 5.92 Å². The van der Waals surface area contributed by atoms with Gasteiger partial charge in [-0.05, 0) is 50.0 Å². The van der Waals surface area contributed by atoms with E-state index in [1.54, 1.807) is 6.07 Å². The third-order valence-electron chi connectivity index (χ3n) is 3.16. The number of hydrogen-bond donors (Lipinski definition) is 3. The lowest BCUT2D eigenvalue weighted by Crippen LogP contribution is -2.33. The van der Waals surface area contributed by atoms with Crippen molar-refractivity contribution in [1.29, 1.82) is 0 Å². The Labute approximate surface area is 114 Å². The van der Waals surface area contributed by atoms with E-state index in [1.807, 2.05) is 18.2 Å². The number of benzene rings is 1. The molecule has 0 aromatic heterocycles. The molecule has 0 spiro atoms. The number of rotatable bonds is 5. The number of piperidine rings is 1. The summed E-state index contributed by atoms with van der Waals surface area (Å²) in [6.07, 6.45) is 3.62. The first-order chi connectivity index (χ1) is 9.03. The van der Waals surface area contributed by atoms with Crippen LogP contribution in [0, 0.1) is 5.92 Å². The molecule has 1 aliphatic heterocycles. The molecule has 1 aliphatic rings. The molecular formula is C13H21N3O2S. The summed E-state index contributed by atoms with van der Waals surface area (Å²) in [5.41, 5.74) is 1.54. The Hall–Kier alpha value is -1.27. The minimum atomic E-state index is -3.22. The highest BCUT2D eigenvalue weighted by molar-refractivity contribution is 7.92. The monoisotopic (exact) mass is 283 g/mol. The summed E-state index contributed by atoms with van der Waals surface area (Å²) in [5.74, 6) is 0.639. The minimum absolute atomic E-state index is 0.592. The molecule has 106 valence electrons. The first-order valence-electron chi connectivity index (χ1n) is 6.55. The summed E-state index contributed by atoms with van der Waals surface area (Å²) in [7, 11) is -3.22. The van der Waals surface area contributed by atoms with E-state index in [0.717, 1.165) is 31.6 Å². The normalized spacial score (nSPS) is 19.9. The van der Waals surface area contributed by atoms with E-state index in [1.165, 1.54) is 12.8 Å². The first kappa shape index (κ1) is 14.1. The molecule has 1 fully saturated rings. The third-order valence-corrected chi connectivity index (χ3v) is 3.77. The fraction of sp³-hybridized carbons (Fsp3) is 0.538. The van der Waals surface area contributed by atoms with Crippen molar-refractivity contribution in [1.82, 2.24) is 5.32 Å².